The lowest BCUT2D eigenvalue weighted by Gasteiger charge is -2.00. The first-order valence-corrected chi connectivity index (χ1v) is 5.59. The topological polar surface area (TPSA) is 25.8 Å². The number of rotatable bonds is 2. The quantitative estimate of drug-likeness (QED) is 0.830. The summed E-state index contributed by atoms with van der Waals surface area (Å²) in [7, 11) is 0. The van der Waals surface area contributed by atoms with Gasteiger partial charge in [0.1, 0.15) is 0 Å². The second-order valence-electron chi connectivity index (χ2n) is 3.18. The van der Waals surface area contributed by atoms with Crippen LogP contribution >= 0.6 is 15.9 Å². The molecule has 0 amide bonds. The molecule has 2 rings (SSSR count). The maximum Gasteiger partial charge on any atom is 0.0936 e. The van der Waals surface area contributed by atoms with Gasteiger partial charge in [-0.25, -0.2) is 0 Å². The van der Waals surface area contributed by atoms with Crippen molar-refractivity contribution in [3.63, 3.8) is 0 Å². The van der Waals surface area contributed by atoms with Gasteiger partial charge in [0.05, 0.1) is 11.4 Å². The summed E-state index contributed by atoms with van der Waals surface area (Å²) in [6, 6.07) is 13.0. The molecular weight excluding hydrogens is 252 g/mol. The Kier molecular flexibility index (Phi) is 3.11. The Hall–Kier alpha value is -1.22. The van der Waals surface area contributed by atoms with E-state index in [0.717, 1.165) is 27.8 Å². The molecule has 0 saturated carbocycles. The molecule has 0 unspecified atom stereocenters. The average Bonchev–Trinajstić information content (AvgIpc) is 2.30. The van der Waals surface area contributed by atoms with Gasteiger partial charge in [-0.3, -0.25) is 0 Å². The minimum atomic E-state index is 0.861. The summed E-state index contributed by atoms with van der Waals surface area (Å²) < 4.78 is 1.06. The van der Waals surface area contributed by atoms with E-state index in [-0.39, 0.29) is 0 Å². The highest BCUT2D eigenvalue weighted by atomic mass is 79.9. The van der Waals surface area contributed by atoms with Crippen LogP contribution in [-0.2, 0) is 6.42 Å². The fourth-order valence-corrected chi connectivity index (χ4v) is 1.52. The van der Waals surface area contributed by atoms with E-state index in [2.05, 4.69) is 32.2 Å². The van der Waals surface area contributed by atoms with E-state index in [4.69, 9.17) is 0 Å². The van der Waals surface area contributed by atoms with Crippen LogP contribution in [-0.4, -0.2) is 10.2 Å². The largest absolute Gasteiger partial charge is 0.154 e. The van der Waals surface area contributed by atoms with Crippen molar-refractivity contribution in [3.05, 3.63) is 46.6 Å². The zero-order chi connectivity index (χ0) is 10.7. The molecule has 2 aromatic rings. The predicted molar refractivity (Wildman–Crippen MR) is 63.4 cm³/mol. The summed E-state index contributed by atoms with van der Waals surface area (Å²) in [5.74, 6) is 0. The zero-order valence-electron chi connectivity index (χ0n) is 8.37. The Labute approximate surface area is 97.5 Å². The normalized spacial score (nSPS) is 10.3. The first-order chi connectivity index (χ1) is 7.29. The van der Waals surface area contributed by atoms with Gasteiger partial charge in [0, 0.05) is 16.1 Å². The van der Waals surface area contributed by atoms with Crippen molar-refractivity contribution >= 4 is 15.9 Å². The summed E-state index contributed by atoms with van der Waals surface area (Å²) in [6.07, 6.45) is 0.869. The molecule has 0 spiro atoms. The van der Waals surface area contributed by atoms with Crippen molar-refractivity contribution in [1.29, 1.82) is 0 Å². The van der Waals surface area contributed by atoms with Crippen LogP contribution in [0.5, 0.6) is 0 Å². The van der Waals surface area contributed by atoms with E-state index in [9.17, 15) is 0 Å². The molecule has 3 heteroatoms. The van der Waals surface area contributed by atoms with Crippen molar-refractivity contribution in [2.75, 3.05) is 0 Å². The molecule has 0 atom stereocenters. The SMILES string of the molecule is CCc1[c]cc(-c2ccc(Br)cc2)nn1. The molecule has 1 aromatic heterocycles. The van der Waals surface area contributed by atoms with Crippen molar-refractivity contribution in [1.82, 2.24) is 10.2 Å². The van der Waals surface area contributed by atoms with E-state index < -0.39 is 0 Å². The molecule has 0 bridgehead atoms. The molecule has 1 radical (unpaired) electrons. The van der Waals surface area contributed by atoms with Crippen LogP contribution in [0.1, 0.15) is 12.6 Å². The van der Waals surface area contributed by atoms with Gasteiger partial charge in [0.25, 0.3) is 0 Å². The standard InChI is InChI=1S/C12H10BrN2/c1-2-11-7-8-12(15-14-11)9-3-5-10(13)6-4-9/h3-6,8H,2H2,1H3. The predicted octanol–water partition coefficient (Wildman–Crippen LogP) is 3.27. The fourth-order valence-electron chi connectivity index (χ4n) is 1.26. The average molecular weight is 262 g/mol. The van der Waals surface area contributed by atoms with Crippen molar-refractivity contribution in [3.8, 4) is 11.3 Å². The number of benzene rings is 1. The Morgan fingerprint density at radius 2 is 1.93 bits per heavy atom. The Bertz CT molecular complexity index is 434. The summed E-state index contributed by atoms with van der Waals surface area (Å²) in [5, 5.41) is 8.23. The number of hydrogen-bond acceptors (Lipinski definition) is 2. The lowest BCUT2D eigenvalue weighted by molar-refractivity contribution is 0.920. The molecule has 75 valence electrons. The maximum atomic E-state index is 4.15. The van der Waals surface area contributed by atoms with Crippen LogP contribution in [0.2, 0.25) is 0 Å². The van der Waals surface area contributed by atoms with E-state index >= 15 is 0 Å². The van der Waals surface area contributed by atoms with Crippen LogP contribution in [0, 0.1) is 6.07 Å². The van der Waals surface area contributed by atoms with Gasteiger partial charge in [-0.05, 0) is 24.6 Å². The minimum Gasteiger partial charge on any atom is -0.154 e. The number of halogens is 1. The summed E-state index contributed by atoms with van der Waals surface area (Å²) in [5.41, 5.74) is 2.82. The van der Waals surface area contributed by atoms with Crippen LogP contribution in [0.25, 0.3) is 11.3 Å². The van der Waals surface area contributed by atoms with Crippen LogP contribution in [0.4, 0.5) is 0 Å². The molecule has 1 aromatic carbocycles. The van der Waals surface area contributed by atoms with Crippen LogP contribution in [0.15, 0.2) is 34.8 Å². The fraction of sp³-hybridized carbons (Fsp3) is 0.167. The third kappa shape index (κ3) is 2.42. The molecule has 15 heavy (non-hydrogen) atoms. The van der Waals surface area contributed by atoms with Gasteiger partial charge in [-0.15, -0.1) is 0 Å². The number of aryl methyl sites for hydroxylation is 1. The van der Waals surface area contributed by atoms with Gasteiger partial charge >= 0.3 is 0 Å². The van der Waals surface area contributed by atoms with E-state index in [0.29, 0.717) is 0 Å². The highest BCUT2D eigenvalue weighted by Crippen LogP contribution is 2.18. The number of nitrogens with zero attached hydrogens (tertiary/aromatic N) is 2. The highest BCUT2D eigenvalue weighted by Gasteiger charge is 2.00. The molecule has 0 saturated heterocycles. The molecule has 0 aliphatic carbocycles. The lowest BCUT2D eigenvalue weighted by Crippen LogP contribution is -1.92. The molecule has 0 aliphatic heterocycles. The number of aromatic nitrogens is 2. The van der Waals surface area contributed by atoms with E-state index in [1.165, 1.54) is 0 Å². The molecule has 0 aliphatic rings. The third-order valence-corrected chi connectivity index (χ3v) is 2.66. The van der Waals surface area contributed by atoms with Gasteiger partial charge in [-0.1, -0.05) is 35.0 Å². The van der Waals surface area contributed by atoms with Gasteiger partial charge in [-0.2, -0.15) is 10.2 Å². The second kappa shape index (κ2) is 4.53. The summed E-state index contributed by atoms with van der Waals surface area (Å²) in [4.78, 5) is 0. The molecule has 1 heterocycles. The van der Waals surface area contributed by atoms with Crippen molar-refractivity contribution < 1.29 is 0 Å². The first-order valence-electron chi connectivity index (χ1n) is 4.80. The van der Waals surface area contributed by atoms with Gasteiger partial charge < -0.3 is 0 Å². The van der Waals surface area contributed by atoms with Crippen molar-refractivity contribution in [2.45, 2.75) is 13.3 Å². The number of hydrogen-bond donors (Lipinski definition) is 0. The second-order valence-corrected chi connectivity index (χ2v) is 4.10. The molecular formula is C12H10BrN2. The highest BCUT2D eigenvalue weighted by molar-refractivity contribution is 9.10. The monoisotopic (exact) mass is 261 g/mol. The summed E-state index contributed by atoms with van der Waals surface area (Å²) >= 11 is 3.40. The smallest absolute Gasteiger partial charge is 0.0936 e. The van der Waals surface area contributed by atoms with Crippen molar-refractivity contribution in [2.24, 2.45) is 0 Å². The van der Waals surface area contributed by atoms with Crippen LogP contribution < -0.4 is 0 Å². The maximum absolute atomic E-state index is 4.15. The minimum absolute atomic E-state index is 0.861. The lowest BCUT2D eigenvalue weighted by atomic mass is 10.1. The zero-order valence-corrected chi connectivity index (χ0v) is 9.95. The summed E-state index contributed by atoms with van der Waals surface area (Å²) in [6.45, 7) is 2.04. The molecule has 0 N–H and O–H groups in total. The third-order valence-electron chi connectivity index (χ3n) is 2.13. The Balaban J connectivity index is 2.33. The molecule has 0 fully saturated rings. The van der Waals surface area contributed by atoms with Crippen LogP contribution in [0.3, 0.4) is 0 Å². The van der Waals surface area contributed by atoms with E-state index in [1.807, 2.05) is 37.3 Å². The Morgan fingerprint density at radius 3 is 2.47 bits per heavy atom. The van der Waals surface area contributed by atoms with Gasteiger partial charge in [0.15, 0.2) is 0 Å². The first kappa shape index (κ1) is 10.3. The van der Waals surface area contributed by atoms with Gasteiger partial charge in [0.2, 0.25) is 0 Å². The Morgan fingerprint density at radius 1 is 1.20 bits per heavy atom. The molecule has 2 nitrogen and oxygen atoms in total. The van der Waals surface area contributed by atoms with E-state index in [1.54, 1.807) is 0 Å².